The van der Waals surface area contributed by atoms with E-state index >= 15 is 0 Å². The molecule has 0 aromatic heterocycles. The zero-order chi connectivity index (χ0) is 20.3. The van der Waals surface area contributed by atoms with E-state index in [0.717, 1.165) is 32.0 Å². The molecule has 1 aromatic carbocycles. The van der Waals surface area contributed by atoms with Crippen molar-refractivity contribution in [3.8, 4) is 0 Å². The van der Waals surface area contributed by atoms with E-state index in [4.69, 9.17) is 5.14 Å². The highest BCUT2D eigenvalue weighted by Gasteiger charge is 2.31. The summed E-state index contributed by atoms with van der Waals surface area (Å²) in [6.07, 6.45) is 5.67. The van der Waals surface area contributed by atoms with Gasteiger partial charge in [0, 0.05) is 44.2 Å². The number of primary sulfonamides is 1. The molecule has 2 aliphatic heterocycles. The Labute approximate surface area is 164 Å². The lowest BCUT2D eigenvalue weighted by atomic mass is 9.94. The number of nitro benzene ring substituents is 1. The summed E-state index contributed by atoms with van der Waals surface area (Å²) in [4.78, 5) is 26.7. The van der Waals surface area contributed by atoms with Gasteiger partial charge < -0.3 is 9.80 Å². The summed E-state index contributed by atoms with van der Waals surface area (Å²) in [6, 6.07) is 3.70. The molecular formula is C18H26N4O5S. The van der Waals surface area contributed by atoms with E-state index in [2.05, 4.69) is 0 Å². The van der Waals surface area contributed by atoms with Gasteiger partial charge in [0.15, 0.2) is 0 Å². The minimum Gasteiger partial charge on any atom is -0.370 e. The number of nitrogens with two attached hydrogens (primary N) is 1. The van der Waals surface area contributed by atoms with E-state index in [0.29, 0.717) is 31.6 Å². The summed E-state index contributed by atoms with van der Waals surface area (Å²) >= 11 is 0. The van der Waals surface area contributed by atoms with E-state index in [9.17, 15) is 23.3 Å². The monoisotopic (exact) mass is 410 g/mol. The smallest absolute Gasteiger partial charge is 0.270 e. The summed E-state index contributed by atoms with van der Waals surface area (Å²) < 4.78 is 23.9. The molecule has 10 heteroatoms. The molecule has 2 saturated heterocycles. The van der Waals surface area contributed by atoms with Gasteiger partial charge in [-0.3, -0.25) is 14.9 Å². The minimum absolute atomic E-state index is 0.0645. The number of anilines is 1. The van der Waals surface area contributed by atoms with Crippen molar-refractivity contribution in [2.24, 2.45) is 11.1 Å². The van der Waals surface area contributed by atoms with Crippen LogP contribution in [0.3, 0.4) is 0 Å². The second-order valence-electron chi connectivity index (χ2n) is 7.45. The molecule has 0 unspecified atom stereocenters. The number of likely N-dealkylation sites (tertiary alicyclic amines) is 1. The van der Waals surface area contributed by atoms with Gasteiger partial charge in [-0.25, -0.2) is 13.6 Å². The fourth-order valence-electron chi connectivity index (χ4n) is 4.02. The molecule has 2 heterocycles. The molecule has 0 aliphatic carbocycles. The summed E-state index contributed by atoms with van der Waals surface area (Å²) in [5.41, 5.74) is 0.0350. The van der Waals surface area contributed by atoms with Crippen molar-refractivity contribution in [2.75, 3.05) is 31.1 Å². The largest absolute Gasteiger partial charge is 0.370 e. The normalized spacial score (nSPS) is 19.3. The number of nitrogens with zero attached hydrogens (tertiary/aromatic N) is 3. The first kappa shape index (κ1) is 20.5. The van der Waals surface area contributed by atoms with Crippen LogP contribution in [-0.2, 0) is 14.8 Å². The van der Waals surface area contributed by atoms with Gasteiger partial charge in [-0.15, -0.1) is 0 Å². The lowest BCUT2D eigenvalue weighted by Crippen LogP contribution is -2.43. The van der Waals surface area contributed by atoms with Gasteiger partial charge in [-0.2, -0.15) is 0 Å². The molecule has 1 amide bonds. The summed E-state index contributed by atoms with van der Waals surface area (Å²) in [6.45, 7) is 2.64. The van der Waals surface area contributed by atoms with Crippen LogP contribution in [0.5, 0.6) is 0 Å². The molecule has 0 radical (unpaired) electrons. The van der Waals surface area contributed by atoms with Crippen molar-refractivity contribution in [1.29, 1.82) is 0 Å². The molecule has 1 aromatic rings. The molecule has 2 N–H and O–H groups in total. The lowest BCUT2D eigenvalue weighted by Gasteiger charge is -2.35. The summed E-state index contributed by atoms with van der Waals surface area (Å²) in [7, 11) is -4.11. The van der Waals surface area contributed by atoms with Crippen LogP contribution in [0.15, 0.2) is 23.1 Å². The quantitative estimate of drug-likeness (QED) is 0.596. The van der Waals surface area contributed by atoms with E-state index in [1.54, 1.807) is 0 Å². The molecule has 3 rings (SSSR count). The maximum Gasteiger partial charge on any atom is 0.270 e. The van der Waals surface area contributed by atoms with Crippen molar-refractivity contribution < 1.29 is 18.1 Å². The Morgan fingerprint density at radius 1 is 1.07 bits per heavy atom. The highest BCUT2D eigenvalue weighted by molar-refractivity contribution is 7.89. The van der Waals surface area contributed by atoms with E-state index in [-0.39, 0.29) is 22.4 Å². The van der Waals surface area contributed by atoms with Gasteiger partial charge >= 0.3 is 0 Å². The standard InChI is InChI=1S/C18H26N4O5S/c19-28(26,27)17-13-15(22(24)25)5-6-16(17)20-11-7-14(8-12-20)18(23)21-9-3-1-2-4-10-21/h5-6,13-14H,1-4,7-12H2,(H2,19,26,27). The average Bonchev–Trinajstić information content (AvgIpc) is 2.96. The predicted octanol–water partition coefficient (Wildman–Crippen LogP) is 1.86. The third-order valence-electron chi connectivity index (χ3n) is 5.56. The maximum atomic E-state index is 12.8. The first-order valence-electron chi connectivity index (χ1n) is 9.62. The van der Waals surface area contributed by atoms with Crippen molar-refractivity contribution in [3.05, 3.63) is 28.3 Å². The molecular weight excluding hydrogens is 384 g/mol. The number of nitro groups is 1. The lowest BCUT2D eigenvalue weighted by molar-refractivity contribution is -0.385. The van der Waals surface area contributed by atoms with Crippen molar-refractivity contribution in [2.45, 2.75) is 43.4 Å². The second-order valence-corrected chi connectivity index (χ2v) is 8.98. The van der Waals surface area contributed by atoms with Crippen LogP contribution in [0.2, 0.25) is 0 Å². The fourth-order valence-corrected chi connectivity index (χ4v) is 4.80. The van der Waals surface area contributed by atoms with Crippen LogP contribution < -0.4 is 10.0 Å². The zero-order valence-electron chi connectivity index (χ0n) is 15.7. The Bertz CT molecular complexity index is 842. The fraction of sp³-hybridized carbons (Fsp3) is 0.611. The number of benzene rings is 1. The highest BCUT2D eigenvalue weighted by atomic mass is 32.2. The predicted molar refractivity (Wildman–Crippen MR) is 104 cm³/mol. The Morgan fingerprint density at radius 3 is 2.21 bits per heavy atom. The zero-order valence-corrected chi connectivity index (χ0v) is 16.6. The Hall–Kier alpha value is -2.20. The maximum absolute atomic E-state index is 12.8. The number of hydrogen-bond acceptors (Lipinski definition) is 6. The number of non-ortho nitro benzene ring substituents is 1. The number of sulfonamides is 1. The first-order chi connectivity index (χ1) is 13.3. The highest BCUT2D eigenvalue weighted by Crippen LogP contribution is 2.32. The van der Waals surface area contributed by atoms with Crippen LogP contribution >= 0.6 is 0 Å². The number of carbonyl (C=O) groups is 1. The SMILES string of the molecule is NS(=O)(=O)c1cc([N+](=O)[O-])ccc1N1CCC(C(=O)N2CCCCCC2)CC1. The number of piperidine rings is 1. The molecule has 28 heavy (non-hydrogen) atoms. The van der Waals surface area contributed by atoms with E-state index in [1.165, 1.54) is 25.0 Å². The number of hydrogen-bond donors (Lipinski definition) is 1. The van der Waals surface area contributed by atoms with Gasteiger partial charge in [0.2, 0.25) is 15.9 Å². The molecule has 2 aliphatic rings. The van der Waals surface area contributed by atoms with Crippen molar-refractivity contribution in [1.82, 2.24) is 4.90 Å². The van der Waals surface area contributed by atoms with Crippen molar-refractivity contribution in [3.63, 3.8) is 0 Å². The summed E-state index contributed by atoms with van der Waals surface area (Å²) in [5.74, 6) is 0.127. The van der Waals surface area contributed by atoms with Crippen LogP contribution in [0.25, 0.3) is 0 Å². The second kappa shape index (κ2) is 8.44. The van der Waals surface area contributed by atoms with Gasteiger partial charge in [0.1, 0.15) is 4.90 Å². The van der Waals surface area contributed by atoms with Gasteiger partial charge in [-0.05, 0) is 31.7 Å². The van der Waals surface area contributed by atoms with Gasteiger partial charge in [0.25, 0.3) is 5.69 Å². The molecule has 154 valence electrons. The Kier molecular flexibility index (Phi) is 6.19. The van der Waals surface area contributed by atoms with Crippen LogP contribution in [0, 0.1) is 16.0 Å². The molecule has 0 atom stereocenters. The Morgan fingerprint density at radius 2 is 1.68 bits per heavy atom. The van der Waals surface area contributed by atoms with Crippen LogP contribution in [-0.4, -0.2) is 50.3 Å². The molecule has 9 nitrogen and oxygen atoms in total. The third kappa shape index (κ3) is 4.61. The molecule has 0 saturated carbocycles. The van der Waals surface area contributed by atoms with Crippen LogP contribution in [0.1, 0.15) is 38.5 Å². The molecule has 2 fully saturated rings. The summed E-state index contributed by atoms with van der Waals surface area (Å²) in [5, 5.41) is 16.3. The van der Waals surface area contributed by atoms with Crippen LogP contribution in [0.4, 0.5) is 11.4 Å². The van der Waals surface area contributed by atoms with E-state index < -0.39 is 14.9 Å². The topological polar surface area (TPSA) is 127 Å². The van der Waals surface area contributed by atoms with E-state index in [1.807, 2.05) is 9.80 Å². The van der Waals surface area contributed by atoms with Gasteiger partial charge in [0.05, 0.1) is 10.6 Å². The third-order valence-corrected chi connectivity index (χ3v) is 6.50. The number of rotatable bonds is 4. The molecule has 0 bridgehead atoms. The minimum atomic E-state index is -4.11. The van der Waals surface area contributed by atoms with Crippen molar-refractivity contribution >= 4 is 27.3 Å². The number of amides is 1. The number of carbonyl (C=O) groups excluding carboxylic acids is 1. The van der Waals surface area contributed by atoms with Gasteiger partial charge in [-0.1, -0.05) is 12.8 Å². The first-order valence-corrected chi connectivity index (χ1v) is 11.2. The molecule has 0 spiro atoms. The Balaban J connectivity index is 1.72. The average molecular weight is 410 g/mol.